The number of anilines is 2. The molecule has 0 radical (unpaired) electrons. The highest BCUT2D eigenvalue weighted by Gasteiger charge is 2.22. The Balaban J connectivity index is 1.55. The van der Waals surface area contributed by atoms with Crippen molar-refractivity contribution in [1.82, 2.24) is 9.80 Å². The minimum atomic E-state index is -0.826. The Morgan fingerprint density at radius 2 is 1.84 bits per heavy atom. The number of rotatable bonds is 5. The Morgan fingerprint density at radius 3 is 2.58 bits per heavy atom. The average molecular weight is 448 g/mol. The molecule has 0 unspecified atom stereocenters. The lowest BCUT2D eigenvalue weighted by Gasteiger charge is -2.22. The zero-order chi connectivity index (χ0) is 22.4. The molecule has 0 bridgehead atoms. The maximum atomic E-state index is 13.7. The summed E-state index contributed by atoms with van der Waals surface area (Å²) in [5, 5.41) is 5.38. The SMILES string of the molecule is NC(=S)Nc1cccc(C(=O)N2CCCN(CC(=O)Nc3ccc(F)cc3F)CC2)c1. The summed E-state index contributed by atoms with van der Waals surface area (Å²) >= 11 is 4.83. The summed E-state index contributed by atoms with van der Waals surface area (Å²) in [6, 6.07) is 9.91. The van der Waals surface area contributed by atoms with Gasteiger partial charge in [-0.1, -0.05) is 6.07 Å². The first kappa shape index (κ1) is 22.6. The van der Waals surface area contributed by atoms with Crippen LogP contribution in [0.1, 0.15) is 16.8 Å². The Kier molecular flexibility index (Phi) is 7.48. The van der Waals surface area contributed by atoms with Crippen LogP contribution in [0.15, 0.2) is 42.5 Å². The van der Waals surface area contributed by atoms with E-state index in [1.54, 1.807) is 29.2 Å². The van der Waals surface area contributed by atoms with Crippen molar-refractivity contribution in [3.63, 3.8) is 0 Å². The van der Waals surface area contributed by atoms with Gasteiger partial charge in [0.1, 0.15) is 11.6 Å². The van der Waals surface area contributed by atoms with Crippen molar-refractivity contribution in [2.45, 2.75) is 6.42 Å². The van der Waals surface area contributed by atoms with Crippen LogP contribution in [0.4, 0.5) is 20.2 Å². The van der Waals surface area contributed by atoms with Gasteiger partial charge in [-0.25, -0.2) is 8.78 Å². The van der Waals surface area contributed by atoms with Gasteiger partial charge in [-0.05, 0) is 49.0 Å². The molecule has 1 aliphatic rings. The lowest BCUT2D eigenvalue weighted by molar-refractivity contribution is -0.117. The average Bonchev–Trinajstić information content (AvgIpc) is 2.95. The van der Waals surface area contributed by atoms with Crippen LogP contribution in [0.5, 0.6) is 0 Å². The van der Waals surface area contributed by atoms with Gasteiger partial charge in [-0.15, -0.1) is 0 Å². The Hall–Kier alpha value is -3.11. The number of hydrogen-bond acceptors (Lipinski definition) is 4. The summed E-state index contributed by atoms with van der Waals surface area (Å²) in [7, 11) is 0. The van der Waals surface area contributed by atoms with Gasteiger partial charge in [0.15, 0.2) is 5.11 Å². The molecule has 164 valence electrons. The van der Waals surface area contributed by atoms with Gasteiger partial charge in [-0.2, -0.15) is 0 Å². The van der Waals surface area contributed by atoms with E-state index in [1.807, 2.05) is 4.90 Å². The molecule has 31 heavy (non-hydrogen) atoms. The molecule has 0 atom stereocenters. The van der Waals surface area contributed by atoms with Gasteiger partial charge >= 0.3 is 0 Å². The maximum Gasteiger partial charge on any atom is 0.253 e. The van der Waals surface area contributed by atoms with E-state index >= 15 is 0 Å². The fraction of sp³-hybridized carbons (Fsp3) is 0.286. The molecule has 2 aromatic rings. The van der Waals surface area contributed by atoms with Gasteiger partial charge < -0.3 is 21.3 Å². The molecule has 2 amide bonds. The fourth-order valence-corrected chi connectivity index (χ4v) is 3.49. The van der Waals surface area contributed by atoms with Crippen molar-refractivity contribution in [2.75, 3.05) is 43.4 Å². The molecule has 1 aliphatic heterocycles. The van der Waals surface area contributed by atoms with Crippen LogP contribution in [0.25, 0.3) is 0 Å². The number of amides is 2. The third-order valence-electron chi connectivity index (χ3n) is 4.83. The van der Waals surface area contributed by atoms with E-state index in [1.165, 1.54) is 6.07 Å². The smallest absolute Gasteiger partial charge is 0.253 e. The van der Waals surface area contributed by atoms with Crippen LogP contribution < -0.4 is 16.4 Å². The summed E-state index contributed by atoms with van der Waals surface area (Å²) in [6.45, 7) is 2.16. The number of carbonyl (C=O) groups is 2. The number of nitrogens with one attached hydrogen (secondary N) is 2. The largest absolute Gasteiger partial charge is 0.376 e. The summed E-state index contributed by atoms with van der Waals surface area (Å²) < 4.78 is 26.7. The molecule has 0 spiro atoms. The lowest BCUT2D eigenvalue weighted by atomic mass is 10.1. The van der Waals surface area contributed by atoms with Crippen LogP contribution in [-0.2, 0) is 4.79 Å². The van der Waals surface area contributed by atoms with E-state index < -0.39 is 17.5 Å². The number of thiocarbonyl (C=S) groups is 1. The van der Waals surface area contributed by atoms with E-state index in [0.717, 1.165) is 12.1 Å². The highest BCUT2D eigenvalue weighted by molar-refractivity contribution is 7.80. The highest BCUT2D eigenvalue weighted by atomic mass is 32.1. The predicted octanol–water partition coefficient (Wildman–Crippen LogP) is 2.41. The Labute approximate surface area is 184 Å². The van der Waals surface area contributed by atoms with Crippen molar-refractivity contribution in [3.8, 4) is 0 Å². The molecule has 0 aromatic heterocycles. The fourth-order valence-electron chi connectivity index (χ4n) is 3.37. The van der Waals surface area contributed by atoms with Crippen molar-refractivity contribution in [2.24, 2.45) is 5.73 Å². The second-order valence-corrected chi connectivity index (χ2v) is 7.60. The van der Waals surface area contributed by atoms with Crippen LogP contribution in [0, 0.1) is 11.6 Å². The summed E-state index contributed by atoms with van der Waals surface area (Å²) in [4.78, 5) is 28.8. The summed E-state index contributed by atoms with van der Waals surface area (Å²) in [6.07, 6.45) is 0.689. The van der Waals surface area contributed by atoms with Crippen molar-refractivity contribution < 1.29 is 18.4 Å². The first-order valence-corrected chi connectivity index (χ1v) is 10.2. The molecular formula is C21H23F2N5O2S. The van der Waals surface area contributed by atoms with E-state index in [-0.39, 0.29) is 23.3 Å². The molecule has 10 heteroatoms. The van der Waals surface area contributed by atoms with Crippen LogP contribution in [0.2, 0.25) is 0 Å². The maximum absolute atomic E-state index is 13.7. The van der Waals surface area contributed by atoms with Gasteiger partial charge in [0.2, 0.25) is 5.91 Å². The molecule has 4 N–H and O–H groups in total. The number of halogens is 2. The number of hydrogen-bond donors (Lipinski definition) is 3. The van der Waals surface area contributed by atoms with E-state index in [0.29, 0.717) is 43.9 Å². The summed E-state index contributed by atoms with van der Waals surface area (Å²) in [5.74, 6) is -2.05. The molecule has 2 aromatic carbocycles. The molecule has 0 saturated carbocycles. The number of benzene rings is 2. The molecule has 1 fully saturated rings. The van der Waals surface area contributed by atoms with E-state index in [4.69, 9.17) is 18.0 Å². The van der Waals surface area contributed by atoms with Gasteiger partial charge in [0, 0.05) is 43.5 Å². The van der Waals surface area contributed by atoms with Gasteiger partial charge in [-0.3, -0.25) is 14.5 Å². The minimum absolute atomic E-state index is 0.0478. The molecule has 0 aliphatic carbocycles. The highest BCUT2D eigenvalue weighted by Crippen LogP contribution is 2.16. The predicted molar refractivity (Wildman–Crippen MR) is 119 cm³/mol. The second kappa shape index (κ2) is 10.3. The number of nitrogens with zero attached hydrogens (tertiary/aromatic N) is 2. The van der Waals surface area contributed by atoms with Crippen molar-refractivity contribution in [3.05, 3.63) is 59.7 Å². The van der Waals surface area contributed by atoms with Crippen molar-refractivity contribution >= 4 is 40.5 Å². The zero-order valence-corrected chi connectivity index (χ0v) is 17.6. The normalized spacial score (nSPS) is 14.6. The first-order valence-electron chi connectivity index (χ1n) is 9.75. The number of carbonyl (C=O) groups excluding carboxylic acids is 2. The van der Waals surface area contributed by atoms with Gasteiger partial charge in [0.25, 0.3) is 5.91 Å². The molecule has 1 saturated heterocycles. The lowest BCUT2D eigenvalue weighted by Crippen LogP contribution is -2.38. The topological polar surface area (TPSA) is 90.7 Å². The Bertz CT molecular complexity index is 988. The summed E-state index contributed by atoms with van der Waals surface area (Å²) in [5.41, 5.74) is 6.57. The van der Waals surface area contributed by atoms with Crippen LogP contribution in [-0.4, -0.2) is 59.5 Å². The molecular weight excluding hydrogens is 424 g/mol. The molecule has 1 heterocycles. The monoisotopic (exact) mass is 447 g/mol. The third kappa shape index (κ3) is 6.43. The van der Waals surface area contributed by atoms with Gasteiger partial charge in [0.05, 0.1) is 12.2 Å². The van der Waals surface area contributed by atoms with Crippen molar-refractivity contribution in [1.29, 1.82) is 0 Å². The van der Waals surface area contributed by atoms with Crippen LogP contribution in [0.3, 0.4) is 0 Å². The number of nitrogens with two attached hydrogens (primary N) is 1. The minimum Gasteiger partial charge on any atom is -0.376 e. The first-order chi connectivity index (χ1) is 14.8. The molecule has 7 nitrogen and oxygen atoms in total. The van der Waals surface area contributed by atoms with E-state index in [9.17, 15) is 18.4 Å². The molecule has 3 rings (SSSR count). The quantitative estimate of drug-likeness (QED) is 0.610. The third-order valence-corrected chi connectivity index (χ3v) is 4.93. The standard InChI is InChI=1S/C21H23F2N5O2S/c22-15-5-6-18(17(23)12-15)26-19(29)13-27-7-2-8-28(10-9-27)20(30)14-3-1-4-16(11-14)25-21(24)31/h1,3-6,11-12H,2,7-10,13H2,(H,26,29)(H3,24,25,31). The Morgan fingerprint density at radius 1 is 1.03 bits per heavy atom. The second-order valence-electron chi connectivity index (χ2n) is 7.16. The van der Waals surface area contributed by atoms with E-state index in [2.05, 4.69) is 10.6 Å². The zero-order valence-electron chi connectivity index (χ0n) is 16.7. The van der Waals surface area contributed by atoms with Crippen LogP contribution >= 0.6 is 12.2 Å².